The summed E-state index contributed by atoms with van der Waals surface area (Å²) in [5, 5.41) is 8.15. The van der Waals surface area contributed by atoms with Crippen molar-refractivity contribution in [1.82, 2.24) is 0 Å². The van der Waals surface area contributed by atoms with E-state index in [1.807, 2.05) is 6.92 Å². The van der Waals surface area contributed by atoms with Crippen LogP contribution in [0.25, 0.3) is 0 Å². The number of carboxylic acids is 1. The first-order valence-corrected chi connectivity index (χ1v) is 3.27. The predicted molar refractivity (Wildman–Crippen MR) is 36.0 cm³/mol. The smallest absolute Gasteiger partial charge is 0.303 e. The van der Waals surface area contributed by atoms with Crippen LogP contribution in [0.4, 0.5) is 0 Å². The largest absolute Gasteiger partial charge is 0.481 e. The third-order valence-electron chi connectivity index (χ3n) is 0.814. The molecule has 0 aliphatic carbocycles. The van der Waals surface area contributed by atoms with Gasteiger partial charge in [-0.3, -0.25) is 4.79 Å². The lowest BCUT2D eigenvalue weighted by Gasteiger charge is -1.97. The molecule has 3 heteroatoms. The standard InChI is InChI=1S/C5H11O2P/c1-4(8)2-3-5(6)7/h4H,2-3,8H2,1H3,(H,6,7). The minimum Gasteiger partial charge on any atom is -0.481 e. The molecule has 0 amide bonds. The van der Waals surface area contributed by atoms with Gasteiger partial charge in [-0.25, -0.2) is 0 Å². The molecular formula is C5H11O2P. The number of hydrogen-bond donors (Lipinski definition) is 1. The molecule has 0 aromatic heterocycles. The molecule has 0 rings (SSSR count). The van der Waals surface area contributed by atoms with Gasteiger partial charge in [0.25, 0.3) is 0 Å². The molecule has 0 aromatic carbocycles. The van der Waals surface area contributed by atoms with Crippen LogP contribution in [-0.4, -0.2) is 16.7 Å². The fourth-order valence-electron chi connectivity index (χ4n) is 0.351. The van der Waals surface area contributed by atoms with Crippen molar-refractivity contribution in [3.05, 3.63) is 0 Å². The van der Waals surface area contributed by atoms with Crippen LogP contribution in [0.15, 0.2) is 0 Å². The van der Waals surface area contributed by atoms with Crippen LogP contribution in [0, 0.1) is 0 Å². The summed E-state index contributed by atoms with van der Waals surface area (Å²) in [6.45, 7) is 1.98. The lowest BCUT2D eigenvalue weighted by atomic mass is 10.2. The molecule has 0 aromatic rings. The van der Waals surface area contributed by atoms with E-state index in [1.165, 1.54) is 0 Å². The molecule has 48 valence electrons. The van der Waals surface area contributed by atoms with Gasteiger partial charge in [0.1, 0.15) is 0 Å². The van der Waals surface area contributed by atoms with Crippen molar-refractivity contribution < 1.29 is 9.90 Å². The number of aliphatic carboxylic acids is 1. The van der Waals surface area contributed by atoms with Crippen LogP contribution in [0.2, 0.25) is 0 Å². The summed E-state index contributed by atoms with van der Waals surface area (Å²) in [4.78, 5) is 9.89. The van der Waals surface area contributed by atoms with E-state index in [1.54, 1.807) is 0 Å². The van der Waals surface area contributed by atoms with Gasteiger partial charge in [-0.15, -0.1) is 9.24 Å². The SMILES string of the molecule is CC(P)CCC(=O)O. The molecule has 0 heterocycles. The number of carboxylic acid groups (broad SMARTS) is 1. The maximum absolute atomic E-state index is 9.89. The van der Waals surface area contributed by atoms with Crippen molar-refractivity contribution in [3.8, 4) is 0 Å². The Labute approximate surface area is 51.5 Å². The van der Waals surface area contributed by atoms with Crippen LogP contribution in [0.1, 0.15) is 19.8 Å². The fraction of sp³-hybridized carbons (Fsp3) is 0.800. The third kappa shape index (κ3) is 5.90. The molecule has 2 unspecified atom stereocenters. The molecule has 0 bridgehead atoms. The van der Waals surface area contributed by atoms with Crippen LogP contribution in [-0.2, 0) is 4.79 Å². The summed E-state index contributed by atoms with van der Waals surface area (Å²) in [5.41, 5.74) is 0.422. The van der Waals surface area contributed by atoms with E-state index >= 15 is 0 Å². The van der Waals surface area contributed by atoms with Gasteiger partial charge >= 0.3 is 5.97 Å². The number of carbonyl (C=O) groups is 1. The Morgan fingerprint density at radius 3 is 2.50 bits per heavy atom. The van der Waals surface area contributed by atoms with Crippen molar-refractivity contribution >= 4 is 15.2 Å². The Morgan fingerprint density at radius 2 is 2.38 bits per heavy atom. The summed E-state index contributed by atoms with van der Waals surface area (Å²) in [6, 6.07) is 0. The summed E-state index contributed by atoms with van der Waals surface area (Å²) in [5.74, 6) is -0.709. The molecule has 0 radical (unpaired) electrons. The molecule has 0 aliphatic rings. The number of hydrogen-bond acceptors (Lipinski definition) is 1. The summed E-state index contributed by atoms with van der Waals surface area (Å²) in [6.07, 6.45) is 1.03. The molecule has 0 saturated carbocycles. The predicted octanol–water partition coefficient (Wildman–Crippen LogP) is 1.11. The lowest BCUT2D eigenvalue weighted by Crippen LogP contribution is -1.98. The highest BCUT2D eigenvalue weighted by Crippen LogP contribution is 2.05. The van der Waals surface area contributed by atoms with Crippen molar-refractivity contribution in [2.75, 3.05) is 0 Å². The average Bonchev–Trinajstić information content (AvgIpc) is 1.61. The van der Waals surface area contributed by atoms with E-state index in [2.05, 4.69) is 9.24 Å². The van der Waals surface area contributed by atoms with Gasteiger partial charge in [-0.1, -0.05) is 6.92 Å². The zero-order chi connectivity index (χ0) is 6.57. The normalized spacial score (nSPS) is 13.2. The minimum atomic E-state index is -0.709. The first-order chi connectivity index (χ1) is 3.63. The second-order valence-electron chi connectivity index (χ2n) is 1.91. The molecule has 0 saturated heterocycles. The maximum atomic E-state index is 9.89. The van der Waals surface area contributed by atoms with Gasteiger partial charge in [0.2, 0.25) is 0 Å². The second kappa shape index (κ2) is 3.85. The molecular weight excluding hydrogens is 123 g/mol. The van der Waals surface area contributed by atoms with E-state index < -0.39 is 5.97 Å². The summed E-state index contributed by atoms with van der Waals surface area (Å²) < 4.78 is 0. The molecule has 0 aliphatic heterocycles. The van der Waals surface area contributed by atoms with Crippen LogP contribution >= 0.6 is 9.24 Å². The van der Waals surface area contributed by atoms with Gasteiger partial charge < -0.3 is 5.11 Å². The Hall–Kier alpha value is -0.100. The average molecular weight is 134 g/mol. The summed E-state index contributed by atoms with van der Waals surface area (Å²) in [7, 11) is 2.56. The zero-order valence-electron chi connectivity index (χ0n) is 4.92. The van der Waals surface area contributed by atoms with Gasteiger partial charge in [-0.05, 0) is 12.1 Å². The van der Waals surface area contributed by atoms with Crippen molar-refractivity contribution in [2.24, 2.45) is 0 Å². The van der Waals surface area contributed by atoms with E-state index in [0.717, 1.165) is 6.42 Å². The first-order valence-electron chi connectivity index (χ1n) is 2.60. The van der Waals surface area contributed by atoms with E-state index in [0.29, 0.717) is 5.66 Å². The van der Waals surface area contributed by atoms with Crippen LogP contribution in [0.5, 0.6) is 0 Å². The topological polar surface area (TPSA) is 37.3 Å². The highest BCUT2D eigenvalue weighted by Gasteiger charge is 1.98. The second-order valence-corrected chi connectivity index (χ2v) is 3.05. The monoisotopic (exact) mass is 134 g/mol. The van der Waals surface area contributed by atoms with E-state index in [4.69, 9.17) is 5.11 Å². The van der Waals surface area contributed by atoms with Crippen LogP contribution < -0.4 is 0 Å². The van der Waals surface area contributed by atoms with Gasteiger partial charge in [0.15, 0.2) is 0 Å². The van der Waals surface area contributed by atoms with Gasteiger partial charge in [0, 0.05) is 6.42 Å². The Morgan fingerprint density at radius 1 is 1.88 bits per heavy atom. The maximum Gasteiger partial charge on any atom is 0.303 e. The molecule has 1 N–H and O–H groups in total. The Balaban J connectivity index is 3.05. The van der Waals surface area contributed by atoms with Gasteiger partial charge in [0.05, 0.1) is 0 Å². The van der Waals surface area contributed by atoms with E-state index in [9.17, 15) is 4.79 Å². The molecule has 8 heavy (non-hydrogen) atoms. The van der Waals surface area contributed by atoms with Crippen LogP contribution in [0.3, 0.4) is 0 Å². The molecule has 2 nitrogen and oxygen atoms in total. The Kier molecular flexibility index (Phi) is 3.80. The first kappa shape index (κ1) is 7.90. The van der Waals surface area contributed by atoms with Crippen molar-refractivity contribution in [3.63, 3.8) is 0 Å². The van der Waals surface area contributed by atoms with Crippen molar-refractivity contribution in [2.45, 2.75) is 25.4 Å². The van der Waals surface area contributed by atoms with Gasteiger partial charge in [-0.2, -0.15) is 0 Å². The number of rotatable bonds is 3. The molecule has 2 atom stereocenters. The third-order valence-corrected chi connectivity index (χ3v) is 1.15. The highest BCUT2D eigenvalue weighted by molar-refractivity contribution is 7.17. The zero-order valence-corrected chi connectivity index (χ0v) is 6.08. The lowest BCUT2D eigenvalue weighted by molar-refractivity contribution is -0.137. The fourth-order valence-corrected chi connectivity index (χ4v) is 0.518. The Bertz CT molecular complexity index is 80.5. The summed E-state index contributed by atoms with van der Waals surface area (Å²) >= 11 is 0. The quantitative estimate of drug-likeness (QED) is 0.587. The van der Waals surface area contributed by atoms with E-state index in [-0.39, 0.29) is 6.42 Å². The molecule has 0 fully saturated rings. The minimum absolute atomic E-state index is 0.282. The highest BCUT2D eigenvalue weighted by atomic mass is 31.0. The van der Waals surface area contributed by atoms with Crippen molar-refractivity contribution in [1.29, 1.82) is 0 Å². The molecule has 0 spiro atoms.